The smallest absolute Gasteiger partial charge is 0.310 e. The second kappa shape index (κ2) is 2.25. The standard InChI is InChI=1S/C10H8O3/c11-9-5-8-10(13-9)6-3-1-2-4-7(6)12-8/h1-4,8,10H,5H2/t8-,10-/m0/s1. The minimum absolute atomic E-state index is 0.0927. The van der Waals surface area contributed by atoms with Crippen LogP contribution in [0.3, 0.4) is 0 Å². The second-order valence-electron chi connectivity index (χ2n) is 3.31. The van der Waals surface area contributed by atoms with E-state index in [1.54, 1.807) is 0 Å². The average molecular weight is 176 g/mol. The van der Waals surface area contributed by atoms with E-state index in [2.05, 4.69) is 0 Å². The first-order valence-corrected chi connectivity index (χ1v) is 4.29. The highest BCUT2D eigenvalue weighted by atomic mass is 16.6. The Morgan fingerprint density at radius 1 is 1.23 bits per heavy atom. The number of esters is 1. The number of carbonyl (C=O) groups excluding carboxylic acids is 1. The summed E-state index contributed by atoms with van der Waals surface area (Å²) in [6.45, 7) is 0. The third-order valence-electron chi connectivity index (χ3n) is 2.47. The number of rotatable bonds is 0. The summed E-state index contributed by atoms with van der Waals surface area (Å²) in [5.41, 5.74) is 0.998. The van der Waals surface area contributed by atoms with Gasteiger partial charge in [0.05, 0.1) is 6.42 Å². The highest BCUT2D eigenvalue weighted by Gasteiger charge is 2.43. The summed E-state index contributed by atoms with van der Waals surface area (Å²) in [6.07, 6.45) is 0.118. The molecule has 0 spiro atoms. The number of ether oxygens (including phenoxy) is 2. The Labute approximate surface area is 75.3 Å². The van der Waals surface area contributed by atoms with Gasteiger partial charge >= 0.3 is 5.97 Å². The van der Waals surface area contributed by atoms with Crippen LogP contribution in [-0.4, -0.2) is 12.1 Å². The van der Waals surface area contributed by atoms with Crippen LogP contribution in [0.4, 0.5) is 0 Å². The van der Waals surface area contributed by atoms with Gasteiger partial charge in [0.15, 0.2) is 12.2 Å². The van der Waals surface area contributed by atoms with Crippen molar-refractivity contribution in [3.05, 3.63) is 29.8 Å². The minimum Gasteiger partial charge on any atom is -0.485 e. The molecule has 2 heterocycles. The Balaban J connectivity index is 2.06. The molecule has 0 amide bonds. The first-order valence-electron chi connectivity index (χ1n) is 4.29. The molecule has 1 saturated heterocycles. The van der Waals surface area contributed by atoms with Crippen molar-refractivity contribution in [2.45, 2.75) is 18.6 Å². The highest BCUT2D eigenvalue weighted by Crippen LogP contribution is 2.43. The summed E-state index contributed by atoms with van der Waals surface area (Å²) in [5.74, 6) is 0.689. The summed E-state index contributed by atoms with van der Waals surface area (Å²) in [5, 5.41) is 0. The molecule has 66 valence electrons. The van der Waals surface area contributed by atoms with Gasteiger partial charge in [-0.15, -0.1) is 0 Å². The van der Waals surface area contributed by atoms with Crippen molar-refractivity contribution in [1.29, 1.82) is 0 Å². The number of para-hydroxylation sites is 1. The van der Waals surface area contributed by atoms with Crippen LogP contribution in [0, 0.1) is 0 Å². The monoisotopic (exact) mass is 176 g/mol. The minimum atomic E-state index is -0.163. The van der Waals surface area contributed by atoms with Gasteiger partial charge in [0.2, 0.25) is 0 Å². The van der Waals surface area contributed by atoms with Gasteiger partial charge < -0.3 is 9.47 Å². The predicted molar refractivity (Wildman–Crippen MR) is 44.3 cm³/mol. The lowest BCUT2D eigenvalue weighted by atomic mass is 10.1. The lowest BCUT2D eigenvalue weighted by Gasteiger charge is -2.04. The van der Waals surface area contributed by atoms with E-state index in [4.69, 9.17) is 9.47 Å². The van der Waals surface area contributed by atoms with Crippen LogP contribution in [0.25, 0.3) is 0 Å². The zero-order valence-electron chi connectivity index (χ0n) is 6.90. The summed E-state index contributed by atoms with van der Waals surface area (Å²) >= 11 is 0. The Morgan fingerprint density at radius 3 is 3.00 bits per heavy atom. The normalized spacial score (nSPS) is 29.1. The first-order chi connectivity index (χ1) is 6.34. The van der Waals surface area contributed by atoms with Gasteiger partial charge in [-0.25, -0.2) is 0 Å². The van der Waals surface area contributed by atoms with E-state index < -0.39 is 0 Å². The van der Waals surface area contributed by atoms with Crippen molar-refractivity contribution < 1.29 is 14.3 Å². The molecule has 3 heteroatoms. The molecule has 0 N–H and O–H groups in total. The summed E-state index contributed by atoms with van der Waals surface area (Å²) in [6, 6.07) is 7.69. The van der Waals surface area contributed by atoms with Gasteiger partial charge in [-0.3, -0.25) is 4.79 Å². The highest BCUT2D eigenvalue weighted by molar-refractivity contribution is 5.74. The maximum absolute atomic E-state index is 11.0. The van der Waals surface area contributed by atoms with Crippen LogP contribution in [0.2, 0.25) is 0 Å². The molecule has 0 unspecified atom stereocenters. The van der Waals surface area contributed by atoms with E-state index in [9.17, 15) is 4.79 Å². The van der Waals surface area contributed by atoms with Gasteiger partial charge in [0, 0.05) is 5.56 Å². The molecular formula is C10H8O3. The van der Waals surface area contributed by atoms with Crippen LogP contribution >= 0.6 is 0 Å². The average Bonchev–Trinajstić information content (AvgIpc) is 2.60. The molecular weight excluding hydrogens is 168 g/mol. The zero-order chi connectivity index (χ0) is 8.84. The van der Waals surface area contributed by atoms with Gasteiger partial charge in [0.1, 0.15) is 5.75 Å². The molecule has 13 heavy (non-hydrogen) atoms. The Morgan fingerprint density at radius 2 is 2.08 bits per heavy atom. The quantitative estimate of drug-likeness (QED) is 0.561. The second-order valence-corrected chi connectivity index (χ2v) is 3.31. The lowest BCUT2D eigenvalue weighted by Crippen LogP contribution is -2.11. The van der Waals surface area contributed by atoms with Crippen LogP contribution in [0.15, 0.2) is 24.3 Å². The predicted octanol–water partition coefficient (Wildman–Crippen LogP) is 1.44. The van der Waals surface area contributed by atoms with Gasteiger partial charge in [-0.05, 0) is 6.07 Å². The number of fused-ring (bicyclic) bond motifs is 3. The fourth-order valence-electron chi connectivity index (χ4n) is 1.89. The van der Waals surface area contributed by atoms with Crippen molar-refractivity contribution in [3.8, 4) is 5.75 Å². The summed E-state index contributed by atoms with van der Waals surface area (Å²) in [4.78, 5) is 11.0. The van der Waals surface area contributed by atoms with Crippen LogP contribution in [0.1, 0.15) is 18.1 Å². The number of carbonyl (C=O) groups is 1. The Hall–Kier alpha value is -1.51. The fraction of sp³-hybridized carbons (Fsp3) is 0.300. The topological polar surface area (TPSA) is 35.5 Å². The molecule has 2 atom stereocenters. The largest absolute Gasteiger partial charge is 0.485 e. The fourth-order valence-corrected chi connectivity index (χ4v) is 1.89. The van der Waals surface area contributed by atoms with E-state index in [0.717, 1.165) is 11.3 Å². The molecule has 1 fully saturated rings. The van der Waals surface area contributed by atoms with E-state index in [1.165, 1.54) is 0 Å². The molecule has 3 nitrogen and oxygen atoms in total. The third kappa shape index (κ3) is 0.869. The number of benzene rings is 1. The maximum atomic E-state index is 11.0. The van der Waals surface area contributed by atoms with Gasteiger partial charge in [0.25, 0.3) is 0 Å². The van der Waals surface area contributed by atoms with Crippen LogP contribution < -0.4 is 4.74 Å². The van der Waals surface area contributed by atoms with Crippen molar-refractivity contribution in [2.24, 2.45) is 0 Å². The van der Waals surface area contributed by atoms with Gasteiger partial charge in [-0.2, -0.15) is 0 Å². The molecule has 0 aromatic heterocycles. The molecule has 3 rings (SSSR count). The molecule has 0 bridgehead atoms. The van der Waals surface area contributed by atoms with Crippen LogP contribution in [-0.2, 0) is 9.53 Å². The first kappa shape index (κ1) is 6.95. The van der Waals surface area contributed by atoms with Gasteiger partial charge in [-0.1, -0.05) is 18.2 Å². The van der Waals surface area contributed by atoms with Crippen molar-refractivity contribution in [2.75, 3.05) is 0 Å². The zero-order valence-corrected chi connectivity index (χ0v) is 6.90. The molecule has 2 aliphatic rings. The number of hydrogen-bond donors (Lipinski definition) is 0. The molecule has 2 aliphatic heterocycles. The third-order valence-corrected chi connectivity index (χ3v) is 2.47. The Bertz CT molecular complexity index is 372. The number of hydrogen-bond acceptors (Lipinski definition) is 3. The Kier molecular flexibility index (Phi) is 1.20. The summed E-state index contributed by atoms with van der Waals surface area (Å²) in [7, 11) is 0. The molecule has 0 aliphatic carbocycles. The van der Waals surface area contributed by atoms with E-state index in [-0.39, 0.29) is 18.2 Å². The lowest BCUT2D eigenvalue weighted by molar-refractivity contribution is -0.141. The molecule has 0 radical (unpaired) electrons. The van der Waals surface area contributed by atoms with E-state index in [0.29, 0.717) is 6.42 Å². The molecule has 1 aromatic carbocycles. The summed E-state index contributed by atoms with van der Waals surface area (Å²) < 4.78 is 10.7. The van der Waals surface area contributed by atoms with Crippen LogP contribution in [0.5, 0.6) is 5.75 Å². The molecule has 0 saturated carbocycles. The van der Waals surface area contributed by atoms with E-state index >= 15 is 0 Å². The van der Waals surface area contributed by atoms with Crippen molar-refractivity contribution >= 4 is 5.97 Å². The SMILES string of the molecule is O=C1C[C@@H]2Oc3ccccc3[C@@H]2O1. The van der Waals surface area contributed by atoms with E-state index in [1.807, 2.05) is 24.3 Å². The van der Waals surface area contributed by atoms with Crippen molar-refractivity contribution in [3.63, 3.8) is 0 Å². The van der Waals surface area contributed by atoms with Crippen molar-refractivity contribution in [1.82, 2.24) is 0 Å². The molecule has 1 aromatic rings. The maximum Gasteiger partial charge on any atom is 0.310 e.